The molecule has 0 unspecified atom stereocenters. The average Bonchev–Trinajstić information content (AvgIpc) is 3.61. The Bertz CT molecular complexity index is 2840. The van der Waals surface area contributed by atoms with E-state index in [-0.39, 0.29) is 0 Å². The molecule has 0 aliphatic carbocycles. The smallest absolute Gasteiger partial charge is 0.146 e. The summed E-state index contributed by atoms with van der Waals surface area (Å²) in [5.41, 5.74) is 10.3. The number of fused-ring (bicyclic) bond motifs is 6. The van der Waals surface area contributed by atoms with Crippen molar-refractivity contribution in [3.63, 3.8) is 0 Å². The molecule has 0 saturated carbocycles. The quantitative estimate of drug-likeness (QED) is 0.166. The Kier molecular flexibility index (Phi) is 7.10. The van der Waals surface area contributed by atoms with Gasteiger partial charge in [0.2, 0.25) is 0 Å². The second-order valence-electron chi connectivity index (χ2n) is 13.0. The van der Waals surface area contributed by atoms with E-state index in [1.807, 2.05) is 0 Å². The van der Waals surface area contributed by atoms with Crippen LogP contribution in [0.25, 0.3) is 71.8 Å². The van der Waals surface area contributed by atoms with Gasteiger partial charge in [-0.05, 0) is 60.0 Å². The van der Waals surface area contributed by atoms with Crippen molar-refractivity contribution >= 4 is 60.5 Å². The van der Waals surface area contributed by atoms with Crippen molar-refractivity contribution in [3.8, 4) is 28.3 Å². The molecule has 8 aromatic carbocycles. The molecule has 0 radical (unpaired) electrons. The number of anilines is 3. The maximum Gasteiger partial charge on any atom is 0.146 e. The Balaban J connectivity index is 1.37. The molecule has 0 amide bonds. The number of para-hydroxylation sites is 6. The summed E-state index contributed by atoms with van der Waals surface area (Å²) in [7, 11) is 0. The number of rotatable bonds is 6. The van der Waals surface area contributed by atoms with E-state index in [0.29, 0.717) is 0 Å². The number of imidazole rings is 1. The van der Waals surface area contributed by atoms with Crippen LogP contribution in [0, 0.1) is 0 Å². The molecule has 4 nitrogen and oxygen atoms in total. The maximum absolute atomic E-state index is 5.59. The molecule has 0 fully saturated rings. The predicted molar refractivity (Wildman–Crippen MR) is 217 cm³/mol. The first-order valence-electron chi connectivity index (χ1n) is 17.6. The van der Waals surface area contributed by atoms with Crippen LogP contribution in [0.2, 0.25) is 0 Å². The van der Waals surface area contributed by atoms with Crippen LogP contribution in [0.4, 0.5) is 17.1 Å². The third-order valence-electron chi connectivity index (χ3n) is 9.94. The SMILES string of the molecule is c1ccc(-c2nc3c(N(c4ccccc4)c4ccccc4)cccc3c3c2ccc2cccc(-c4nc5ccccc5n4-c4ccccc4)c23)cc1. The predicted octanol–water partition coefficient (Wildman–Crippen LogP) is 12.7. The number of hydrogen-bond donors (Lipinski definition) is 0. The normalized spacial score (nSPS) is 11.5. The fourth-order valence-corrected chi connectivity index (χ4v) is 7.69. The first-order chi connectivity index (χ1) is 25.8. The van der Waals surface area contributed by atoms with Gasteiger partial charge >= 0.3 is 0 Å². The van der Waals surface area contributed by atoms with E-state index in [4.69, 9.17) is 9.97 Å². The van der Waals surface area contributed by atoms with Crippen LogP contribution in [-0.2, 0) is 0 Å². The maximum atomic E-state index is 5.59. The second kappa shape index (κ2) is 12.4. The van der Waals surface area contributed by atoms with E-state index in [0.717, 1.165) is 88.9 Å². The summed E-state index contributed by atoms with van der Waals surface area (Å²) in [6.07, 6.45) is 0. The standard InChI is InChI=1S/C48H32N4/c1-5-17-34(18-6-1)46-39-32-31-33-19-15-27-40(48-49-41-28-13-14-29-42(41)52(48)37-24-11-4-12-25-37)44(33)45(39)38-26-16-30-43(47(38)50-46)51(35-20-7-2-8-21-35)36-22-9-3-10-23-36/h1-32H. The molecule has 0 aliphatic heterocycles. The Morgan fingerprint density at radius 3 is 1.81 bits per heavy atom. The van der Waals surface area contributed by atoms with E-state index >= 15 is 0 Å². The zero-order valence-electron chi connectivity index (χ0n) is 28.3. The lowest BCUT2D eigenvalue weighted by molar-refractivity contribution is 1.11. The van der Waals surface area contributed by atoms with Crippen molar-refractivity contribution in [1.82, 2.24) is 14.5 Å². The highest BCUT2D eigenvalue weighted by atomic mass is 15.1. The minimum atomic E-state index is 0.906. The molecule has 0 atom stereocenters. The van der Waals surface area contributed by atoms with Crippen molar-refractivity contribution in [2.45, 2.75) is 0 Å². The van der Waals surface area contributed by atoms with E-state index in [2.05, 4.69) is 204 Å². The van der Waals surface area contributed by atoms with Gasteiger partial charge in [-0.25, -0.2) is 9.97 Å². The van der Waals surface area contributed by atoms with Gasteiger partial charge in [-0.2, -0.15) is 0 Å². The lowest BCUT2D eigenvalue weighted by atomic mass is 9.92. The number of pyridine rings is 1. The molecule has 0 spiro atoms. The number of aromatic nitrogens is 3. The van der Waals surface area contributed by atoms with Crippen LogP contribution in [-0.4, -0.2) is 14.5 Å². The molecule has 0 saturated heterocycles. The molecule has 0 bridgehead atoms. The Labute approximate surface area is 301 Å². The third-order valence-corrected chi connectivity index (χ3v) is 9.94. The lowest BCUT2D eigenvalue weighted by Gasteiger charge is -2.27. The summed E-state index contributed by atoms with van der Waals surface area (Å²) in [5, 5.41) is 5.65. The topological polar surface area (TPSA) is 34.0 Å². The molecule has 2 aromatic heterocycles. The van der Waals surface area contributed by atoms with Crippen molar-refractivity contribution in [3.05, 3.63) is 194 Å². The molecule has 0 N–H and O–H groups in total. The Morgan fingerprint density at radius 2 is 1.08 bits per heavy atom. The van der Waals surface area contributed by atoms with Crippen LogP contribution >= 0.6 is 0 Å². The molecular weight excluding hydrogens is 633 g/mol. The Morgan fingerprint density at radius 1 is 0.442 bits per heavy atom. The third kappa shape index (κ3) is 4.84. The monoisotopic (exact) mass is 664 g/mol. The molecule has 0 aliphatic rings. The van der Waals surface area contributed by atoms with Crippen molar-refractivity contribution in [2.75, 3.05) is 4.90 Å². The zero-order chi connectivity index (χ0) is 34.4. The largest absolute Gasteiger partial charge is 0.308 e. The number of nitrogens with zero attached hydrogens (tertiary/aromatic N) is 4. The molecule has 52 heavy (non-hydrogen) atoms. The molecule has 10 aromatic rings. The molecule has 4 heteroatoms. The summed E-state index contributed by atoms with van der Waals surface area (Å²) in [6.45, 7) is 0. The van der Waals surface area contributed by atoms with Crippen molar-refractivity contribution in [2.24, 2.45) is 0 Å². The average molecular weight is 665 g/mol. The zero-order valence-corrected chi connectivity index (χ0v) is 28.3. The van der Waals surface area contributed by atoms with Gasteiger partial charge in [0.15, 0.2) is 0 Å². The van der Waals surface area contributed by atoms with E-state index in [1.165, 1.54) is 0 Å². The van der Waals surface area contributed by atoms with Crippen LogP contribution in [0.5, 0.6) is 0 Å². The van der Waals surface area contributed by atoms with Gasteiger partial charge < -0.3 is 4.90 Å². The van der Waals surface area contributed by atoms with Crippen LogP contribution in [0.15, 0.2) is 194 Å². The molecule has 244 valence electrons. The van der Waals surface area contributed by atoms with E-state index in [1.54, 1.807) is 0 Å². The first kappa shape index (κ1) is 29.8. The van der Waals surface area contributed by atoms with Crippen molar-refractivity contribution in [1.29, 1.82) is 0 Å². The fraction of sp³-hybridized carbons (Fsp3) is 0. The summed E-state index contributed by atoms with van der Waals surface area (Å²) in [4.78, 5) is 13.2. The van der Waals surface area contributed by atoms with E-state index < -0.39 is 0 Å². The van der Waals surface area contributed by atoms with Gasteiger partial charge in [-0.1, -0.05) is 140 Å². The fourth-order valence-electron chi connectivity index (χ4n) is 7.69. The summed E-state index contributed by atoms with van der Waals surface area (Å²) in [6, 6.07) is 68.3. The summed E-state index contributed by atoms with van der Waals surface area (Å²) in [5.74, 6) is 0.906. The van der Waals surface area contributed by atoms with Gasteiger partial charge in [0.1, 0.15) is 5.82 Å². The number of hydrogen-bond acceptors (Lipinski definition) is 3. The summed E-state index contributed by atoms with van der Waals surface area (Å²) >= 11 is 0. The first-order valence-corrected chi connectivity index (χ1v) is 17.6. The second-order valence-corrected chi connectivity index (χ2v) is 13.0. The lowest BCUT2D eigenvalue weighted by Crippen LogP contribution is -2.11. The van der Waals surface area contributed by atoms with Crippen molar-refractivity contribution < 1.29 is 0 Å². The van der Waals surface area contributed by atoms with Gasteiger partial charge in [-0.3, -0.25) is 4.57 Å². The van der Waals surface area contributed by atoms with Gasteiger partial charge in [0.05, 0.1) is 27.9 Å². The molecular formula is C48H32N4. The highest BCUT2D eigenvalue weighted by molar-refractivity contribution is 6.27. The van der Waals surface area contributed by atoms with E-state index in [9.17, 15) is 0 Å². The molecule has 2 heterocycles. The highest BCUT2D eigenvalue weighted by Crippen LogP contribution is 2.45. The summed E-state index contributed by atoms with van der Waals surface area (Å²) < 4.78 is 2.29. The van der Waals surface area contributed by atoms with Gasteiger partial charge in [-0.15, -0.1) is 0 Å². The van der Waals surface area contributed by atoms with Gasteiger partial charge in [0.25, 0.3) is 0 Å². The van der Waals surface area contributed by atoms with Crippen LogP contribution in [0.1, 0.15) is 0 Å². The highest BCUT2D eigenvalue weighted by Gasteiger charge is 2.23. The minimum absolute atomic E-state index is 0.906. The number of benzene rings is 8. The van der Waals surface area contributed by atoms with Crippen LogP contribution in [0.3, 0.4) is 0 Å². The van der Waals surface area contributed by atoms with Gasteiger partial charge in [0, 0.05) is 49.7 Å². The molecule has 10 rings (SSSR count). The Hall–Kier alpha value is -7.04. The van der Waals surface area contributed by atoms with Crippen LogP contribution < -0.4 is 4.90 Å². The minimum Gasteiger partial charge on any atom is -0.308 e.